The van der Waals surface area contributed by atoms with Crippen molar-refractivity contribution < 1.29 is 18.0 Å². The third kappa shape index (κ3) is 4.17. The van der Waals surface area contributed by atoms with Crippen molar-refractivity contribution in [3.8, 4) is 12.1 Å². The number of nitriles is 2. The quantitative estimate of drug-likeness (QED) is 0.727. The molecule has 0 radical (unpaired) electrons. The Bertz CT molecular complexity index is 1160. The van der Waals surface area contributed by atoms with Gasteiger partial charge in [0, 0.05) is 5.56 Å². The number of hydrogen-bond acceptors (Lipinski definition) is 5. The van der Waals surface area contributed by atoms with E-state index in [1.54, 1.807) is 36.4 Å². The zero-order valence-electron chi connectivity index (χ0n) is 15.0. The number of hydrogen-bond donors (Lipinski definition) is 1. The number of fused-ring (bicyclic) bond motifs is 1. The summed E-state index contributed by atoms with van der Waals surface area (Å²) in [6, 6.07) is 13.3. The molecular formula is C19H13F3N6O. The third-order valence-electron chi connectivity index (χ3n) is 4.11. The van der Waals surface area contributed by atoms with Crippen LogP contribution in [0.5, 0.6) is 0 Å². The predicted molar refractivity (Wildman–Crippen MR) is 95.2 cm³/mol. The van der Waals surface area contributed by atoms with Gasteiger partial charge in [0.1, 0.15) is 22.6 Å². The molecule has 10 heteroatoms. The van der Waals surface area contributed by atoms with Crippen LogP contribution in [0.2, 0.25) is 0 Å². The Morgan fingerprint density at radius 1 is 1.17 bits per heavy atom. The molecule has 3 rings (SSSR count). The molecule has 0 aliphatic heterocycles. The largest absolute Gasteiger partial charge is 0.416 e. The second-order valence-electron chi connectivity index (χ2n) is 6.50. The first-order valence-electron chi connectivity index (χ1n) is 8.30. The molecule has 0 aliphatic carbocycles. The lowest BCUT2D eigenvalue weighted by Crippen LogP contribution is -2.48. The fourth-order valence-electron chi connectivity index (χ4n) is 2.68. The van der Waals surface area contributed by atoms with Crippen LogP contribution in [-0.4, -0.2) is 26.4 Å². The van der Waals surface area contributed by atoms with E-state index in [1.807, 2.05) is 6.07 Å². The summed E-state index contributed by atoms with van der Waals surface area (Å²) < 4.78 is 39.0. The number of carbonyl (C=O) groups excluding carboxylic acids is 1. The maximum Gasteiger partial charge on any atom is 0.416 e. The fourth-order valence-corrected chi connectivity index (χ4v) is 2.68. The number of alkyl halides is 3. The van der Waals surface area contributed by atoms with Crippen molar-refractivity contribution in [1.29, 1.82) is 10.5 Å². The first kappa shape index (κ1) is 19.8. The van der Waals surface area contributed by atoms with Crippen molar-refractivity contribution in [2.45, 2.75) is 25.2 Å². The third-order valence-corrected chi connectivity index (χ3v) is 4.11. The summed E-state index contributed by atoms with van der Waals surface area (Å²) >= 11 is 0. The SMILES string of the molecule is CC(C#N)(Cn1nc2cc(C(F)(F)F)cc(C#N)c2n1)NC(=O)c1ccccc1. The highest BCUT2D eigenvalue weighted by atomic mass is 19.4. The predicted octanol–water partition coefficient (Wildman–Crippen LogP) is 3.03. The van der Waals surface area contributed by atoms with Crippen LogP contribution in [0, 0.1) is 22.7 Å². The summed E-state index contributed by atoms with van der Waals surface area (Å²) in [6.45, 7) is 1.21. The molecule has 0 saturated heterocycles. The fraction of sp³-hybridized carbons (Fsp3) is 0.211. The molecule has 1 aromatic heterocycles. The van der Waals surface area contributed by atoms with Crippen LogP contribution in [0.4, 0.5) is 13.2 Å². The van der Waals surface area contributed by atoms with Gasteiger partial charge in [0.2, 0.25) is 0 Å². The van der Waals surface area contributed by atoms with Crippen LogP contribution in [0.25, 0.3) is 11.0 Å². The highest BCUT2D eigenvalue weighted by molar-refractivity contribution is 5.94. The second-order valence-corrected chi connectivity index (χ2v) is 6.50. The van der Waals surface area contributed by atoms with Crippen LogP contribution < -0.4 is 5.32 Å². The topological polar surface area (TPSA) is 107 Å². The first-order chi connectivity index (χ1) is 13.6. The van der Waals surface area contributed by atoms with Crippen molar-refractivity contribution in [2.75, 3.05) is 0 Å². The number of rotatable bonds is 4. The number of halogens is 3. The molecule has 0 saturated carbocycles. The number of nitrogens with zero attached hydrogens (tertiary/aromatic N) is 5. The molecule has 0 spiro atoms. The van der Waals surface area contributed by atoms with Gasteiger partial charge in [-0.2, -0.15) is 38.7 Å². The molecular weight excluding hydrogens is 385 g/mol. The number of benzene rings is 2. The Balaban J connectivity index is 1.93. The maximum absolute atomic E-state index is 13.0. The summed E-state index contributed by atoms with van der Waals surface area (Å²) in [6.07, 6.45) is -4.64. The summed E-state index contributed by atoms with van der Waals surface area (Å²) in [5.74, 6) is -0.497. The van der Waals surface area contributed by atoms with Gasteiger partial charge in [-0.15, -0.1) is 0 Å². The van der Waals surface area contributed by atoms with Crippen LogP contribution >= 0.6 is 0 Å². The molecule has 1 heterocycles. The first-order valence-corrected chi connectivity index (χ1v) is 8.30. The van der Waals surface area contributed by atoms with Crippen molar-refractivity contribution in [3.63, 3.8) is 0 Å². The van der Waals surface area contributed by atoms with Gasteiger partial charge in [-0.25, -0.2) is 0 Å². The van der Waals surface area contributed by atoms with Gasteiger partial charge in [0.25, 0.3) is 5.91 Å². The summed E-state index contributed by atoms with van der Waals surface area (Å²) in [5, 5.41) is 29.3. The molecule has 7 nitrogen and oxygen atoms in total. The van der Waals surface area contributed by atoms with Gasteiger partial charge in [0.05, 0.1) is 23.7 Å². The van der Waals surface area contributed by atoms with Crippen LogP contribution in [0.1, 0.15) is 28.4 Å². The van der Waals surface area contributed by atoms with E-state index in [0.29, 0.717) is 11.6 Å². The van der Waals surface area contributed by atoms with Crippen molar-refractivity contribution in [3.05, 3.63) is 59.2 Å². The van der Waals surface area contributed by atoms with E-state index < -0.39 is 23.2 Å². The number of carbonyl (C=O) groups is 1. The summed E-state index contributed by atoms with van der Waals surface area (Å²) in [7, 11) is 0. The van der Waals surface area contributed by atoms with Crippen LogP contribution in [0.15, 0.2) is 42.5 Å². The zero-order valence-corrected chi connectivity index (χ0v) is 15.0. The standard InChI is InChI=1S/C19H13F3N6O/c1-18(10-24,25-17(29)12-5-3-2-4-6-12)11-28-26-15-8-14(19(20,21)22)7-13(9-23)16(15)27-28/h2-8H,11H2,1H3,(H,25,29). The molecule has 1 amide bonds. The van der Waals surface area contributed by atoms with E-state index in [-0.39, 0.29) is 23.1 Å². The summed E-state index contributed by atoms with van der Waals surface area (Å²) in [4.78, 5) is 13.4. The lowest BCUT2D eigenvalue weighted by molar-refractivity contribution is -0.137. The Hall–Kier alpha value is -3.92. The normalized spacial score (nSPS) is 13.3. The van der Waals surface area contributed by atoms with E-state index >= 15 is 0 Å². The summed E-state index contributed by atoms with van der Waals surface area (Å²) in [5.41, 5.74) is -2.56. The van der Waals surface area contributed by atoms with E-state index in [0.717, 1.165) is 10.9 Å². The second kappa shape index (κ2) is 7.24. The highest BCUT2D eigenvalue weighted by Gasteiger charge is 2.33. The van der Waals surface area contributed by atoms with Crippen molar-refractivity contribution in [2.24, 2.45) is 0 Å². The average molecular weight is 398 g/mol. The molecule has 0 fully saturated rings. The molecule has 2 aromatic carbocycles. The van der Waals surface area contributed by atoms with Gasteiger partial charge in [0.15, 0.2) is 0 Å². The molecule has 1 unspecified atom stereocenters. The van der Waals surface area contributed by atoms with Gasteiger partial charge >= 0.3 is 6.18 Å². The highest BCUT2D eigenvalue weighted by Crippen LogP contribution is 2.32. The van der Waals surface area contributed by atoms with Crippen molar-refractivity contribution >= 4 is 16.9 Å². The molecule has 3 aromatic rings. The van der Waals surface area contributed by atoms with E-state index in [4.69, 9.17) is 5.26 Å². The van der Waals surface area contributed by atoms with Gasteiger partial charge in [-0.3, -0.25) is 4.79 Å². The minimum atomic E-state index is -4.64. The molecule has 146 valence electrons. The van der Waals surface area contributed by atoms with E-state index in [2.05, 4.69) is 15.5 Å². The Morgan fingerprint density at radius 3 is 2.45 bits per heavy atom. The van der Waals surface area contributed by atoms with E-state index in [9.17, 15) is 23.2 Å². The lowest BCUT2D eigenvalue weighted by atomic mass is 10.0. The van der Waals surface area contributed by atoms with Crippen LogP contribution in [-0.2, 0) is 12.7 Å². The molecule has 1 atom stereocenters. The van der Waals surface area contributed by atoms with Gasteiger partial charge in [-0.05, 0) is 31.2 Å². The van der Waals surface area contributed by atoms with Gasteiger partial charge < -0.3 is 5.32 Å². The molecule has 0 bridgehead atoms. The number of amides is 1. The van der Waals surface area contributed by atoms with Crippen LogP contribution in [0.3, 0.4) is 0 Å². The number of aromatic nitrogens is 3. The monoisotopic (exact) mass is 398 g/mol. The Kier molecular flexibility index (Phi) is 4.95. The minimum Gasteiger partial charge on any atom is -0.332 e. The van der Waals surface area contributed by atoms with E-state index in [1.165, 1.54) is 6.92 Å². The minimum absolute atomic E-state index is 0.0184. The average Bonchev–Trinajstić information content (AvgIpc) is 3.09. The maximum atomic E-state index is 13.0. The van der Waals surface area contributed by atoms with Crippen molar-refractivity contribution in [1.82, 2.24) is 20.3 Å². The Labute approximate surface area is 163 Å². The Morgan fingerprint density at radius 2 is 1.86 bits per heavy atom. The smallest absolute Gasteiger partial charge is 0.332 e. The molecule has 29 heavy (non-hydrogen) atoms. The molecule has 1 N–H and O–H groups in total. The molecule has 0 aliphatic rings. The number of nitrogens with one attached hydrogen (secondary N) is 1. The lowest BCUT2D eigenvalue weighted by Gasteiger charge is -2.22. The van der Waals surface area contributed by atoms with Gasteiger partial charge in [-0.1, -0.05) is 18.2 Å². The zero-order chi connectivity index (χ0) is 21.2.